The predicted octanol–water partition coefficient (Wildman–Crippen LogP) is 2.00. The number of amides is 1. The zero-order valence-electron chi connectivity index (χ0n) is 7.97. The van der Waals surface area contributed by atoms with Crippen molar-refractivity contribution in [1.82, 2.24) is 10.3 Å². The van der Waals surface area contributed by atoms with Crippen LogP contribution in [0.15, 0.2) is 36.7 Å². The lowest BCUT2D eigenvalue weighted by Crippen LogP contribution is -2.19. The van der Waals surface area contributed by atoms with Crippen LogP contribution in [0.25, 0.3) is 10.8 Å². The molecule has 0 fully saturated rings. The smallest absolute Gasteiger partial charge is 0.404 e. The zero-order valence-corrected chi connectivity index (χ0v) is 7.97. The number of aromatic nitrogens is 1. The minimum Gasteiger partial charge on any atom is -0.465 e. The molecule has 0 radical (unpaired) electrons. The van der Waals surface area contributed by atoms with Gasteiger partial charge in [0.2, 0.25) is 0 Å². The van der Waals surface area contributed by atoms with Crippen molar-refractivity contribution in [3.05, 3.63) is 42.2 Å². The number of rotatable bonds is 2. The van der Waals surface area contributed by atoms with Gasteiger partial charge in [0, 0.05) is 24.3 Å². The molecule has 0 saturated heterocycles. The largest absolute Gasteiger partial charge is 0.465 e. The third-order valence-electron chi connectivity index (χ3n) is 2.15. The summed E-state index contributed by atoms with van der Waals surface area (Å²) >= 11 is 0. The average Bonchev–Trinajstić information content (AvgIpc) is 2.26. The minimum atomic E-state index is -1.01. The number of pyridine rings is 1. The molecule has 1 heterocycles. The van der Waals surface area contributed by atoms with Crippen LogP contribution in [-0.2, 0) is 6.54 Å². The second kappa shape index (κ2) is 3.96. The summed E-state index contributed by atoms with van der Waals surface area (Å²) in [6.45, 7) is 0.327. The Kier molecular flexibility index (Phi) is 2.49. The van der Waals surface area contributed by atoms with E-state index in [1.165, 1.54) is 0 Å². The molecule has 1 aromatic carbocycles. The Morgan fingerprint density at radius 3 is 3.00 bits per heavy atom. The Morgan fingerprint density at radius 1 is 1.33 bits per heavy atom. The van der Waals surface area contributed by atoms with E-state index in [0.29, 0.717) is 6.54 Å². The Morgan fingerprint density at radius 2 is 2.20 bits per heavy atom. The lowest BCUT2D eigenvalue weighted by Gasteiger charge is -2.03. The van der Waals surface area contributed by atoms with Crippen molar-refractivity contribution in [2.24, 2.45) is 0 Å². The molecule has 0 aliphatic carbocycles. The summed E-state index contributed by atoms with van der Waals surface area (Å²) in [6.07, 6.45) is 2.49. The van der Waals surface area contributed by atoms with Gasteiger partial charge in [0.25, 0.3) is 0 Å². The van der Waals surface area contributed by atoms with E-state index in [1.807, 2.05) is 24.3 Å². The fourth-order valence-corrected chi connectivity index (χ4v) is 1.42. The standard InChI is InChI=1S/C11H10N2O2/c14-11(15)13-6-8-1-2-10-7-12-4-3-9(10)5-8/h1-5,7,13H,6H2,(H,14,15). The maximum Gasteiger partial charge on any atom is 0.404 e. The van der Waals surface area contributed by atoms with Crippen molar-refractivity contribution >= 4 is 16.9 Å². The van der Waals surface area contributed by atoms with Crippen LogP contribution in [0.3, 0.4) is 0 Å². The van der Waals surface area contributed by atoms with Crippen LogP contribution >= 0.6 is 0 Å². The molecular formula is C11H10N2O2. The first-order valence-corrected chi connectivity index (χ1v) is 4.55. The molecule has 0 unspecified atom stereocenters. The summed E-state index contributed by atoms with van der Waals surface area (Å²) in [5.74, 6) is 0. The molecule has 4 heteroatoms. The van der Waals surface area contributed by atoms with Crippen LogP contribution in [0, 0.1) is 0 Å². The maximum atomic E-state index is 10.3. The van der Waals surface area contributed by atoms with Gasteiger partial charge in [0.05, 0.1) is 0 Å². The van der Waals surface area contributed by atoms with Crippen molar-refractivity contribution in [2.45, 2.75) is 6.54 Å². The van der Waals surface area contributed by atoms with Gasteiger partial charge in [0.15, 0.2) is 0 Å². The van der Waals surface area contributed by atoms with E-state index in [2.05, 4.69) is 10.3 Å². The summed E-state index contributed by atoms with van der Waals surface area (Å²) in [6, 6.07) is 7.67. The Balaban J connectivity index is 2.26. The lowest BCUT2D eigenvalue weighted by molar-refractivity contribution is 0.194. The van der Waals surface area contributed by atoms with Crippen molar-refractivity contribution in [1.29, 1.82) is 0 Å². The van der Waals surface area contributed by atoms with Crippen LogP contribution in [0.2, 0.25) is 0 Å². The van der Waals surface area contributed by atoms with Gasteiger partial charge in [-0.05, 0) is 23.1 Å². The molecule has 0 bridgehead atoms. The van der Waals surface area contributed by atoms with Crippen LogP contribution in [0.1, 0.15) is 5.56 Å². The van der Waals surface area contributed by atoms with Gasteiger partial charge in [-0.1, -0.05) is 12.1 Å². The third-order valence-corrected chi connectivity index (χ3v) is 2.15. The summed E-state index contributed by atoms with van der Waals surface area (Å²) in [5.41, 5.74) is 0.941. The Hall–Kier alpha value is -2.10. The van der Waals surface area contributed by atoms with Crippen molar-refractivity contribution in [3.63, 3.8) is 0 Å². The fraction of sp³-hybridized carbons (Fsp3) is 0.0909. The van der Waals surface area contributed by atoms with E-state index in [0.717, 1.165) is 16.3 Å². The molecule has 2 N–H and O–H groups in total. The fourth-order valence-electron chi connectivity index (χ4n) is 1.42. The first kappa shape index (κ1) is 9.45. The second-order valence-corrected chi connectivity index (χ2v) is 3.22. The molecule has 0 spiro atoms. The number of carboxylic acid groups (broad SMARTS) is 1. The Labute approximate surface area is 86.6 Å². The summed E-state index contributed by atoms with van der Waals surface area (Å²) in [4.78, 5) is 14.3. The Bertz CT molecular complexity index is 497. The quantitative estimate of drug-likeness (QED) is 0.782. The highest BCUT2D eigenvalue weighted by atomic mass is 16.4. The van der Waals surface area contributed by atoms with Crippen molar-refractivity contribution < 1.29 is 9.90 Å². The van der Waals surface area contributed by atoms with Crippen molar-refractivity contribution in [3.8, 4) is 0 Å². The second-order valence-electron chi connectivity index (χ2n) is 3.22. The predicted molar refractivity (Wildman–Crippen MR) is 56.6 cm³/mol. The van der Waals surface area contributed by atoms with E-state index in [4.69, 9.17) is 5.11 Å². The van der Waals surface area contributed by atoms with E-state index < -0.39 is 6.09 Å². The maximum absolute atomic E-state index is 10.3. The molecule has 2 aromatic rings. The van der Waals surface area contributed by atoms with E-state index in [9.17, 15) is 4.79 Å². The van der Waals surface area contributed by atoms with Crippen LogP contribution < -0.4 is 5.32 Å². The first-order chi connectivity index (χ1) is 7.25. The van der Waals surface area contributed by atoms with E-state index in [-0.39, 0.29) is 0 Å². The molecule has 0 aliphatic rings. The molecule has 0 atom stereocenters. The molecule has 1 aromatic heterocycles. The van der Waals surface area contributed by atoms with Crippen LogP contribution in [-0.4, -0.2) is 16.2 Å². The molecular weight excluding hydrogens is 192 g/mol. The highest BCUT2D eigenvalue weighted by Crippen LogP contribution is 2.14. The first-order valence-electron chi connectivity index (χ1n) is 4.55. The highest BCUT2D eigenvalue weighted by Gasteiger charge is 1.98. The van der Waals surface area contributed by atoms with Gasteiger partial charge >= 0.3 is 6.09 Å². The molecule has 15 heavy (non-hydrogen) atoms. The number of carbonyl (C=O) groups is 1. The number of benzene rings is 1. The molecule has 76 valence electrons. The van der Waals surface area contributed by atoms with Crippen LogP contribution in [0.4, 0.5) is 4.79 Å². The van der Waals surface area contributed by atoms with Gasteiger partial charge in [-0.2, -0.15) is 0 Å². The van der Waals surface area contributed by atoms with Gasteiger partial charge in [-0.3, -0.25) is 4.98 Å². The third kappa shape index (κ3) is 2.22. The monoisotopic (exact) mass is 202 g/mol. The molecule has 0 saturated carbocycles. The number of nitrogens with one attached hydrogen (secondary N) is 1. The summed E-state index contributed by atoms with van der Waals surface area (Å²) in [7, 11) is 0. The van der Waals surface area contributed by atoms with Gasteiger partial charge in [0.1, 0.15) is 0 Å². The number of fused-ring (bicyclic) bond motifs is 1. The van der Waals surface area contributed by atoms with E-state index in [1.54, 1.807) is 12.4 Å². The lowest BCUT2D eigenvalue weighted by atomic mass is 10.1. The molecule has 2 rings (SSSR count). The molecule has 0 aliphatic heterocycles. The minimum absolute atomic E-state index is 0.327. The highest BCUT2D eigenvalue weighted by molar-refractivity contribution is 5.82. The summed E-state index contributed by atoms with van der Waals surface area (Å²) in [5, 5.41) is 12.9. The molecule has 4 nitrogen and oxygen atoms in total. The molecule has 1 amide bonds. The van der Waals surface area contributed by atoms with E-state index >= 15 is 0 Å². The van der Waals surface area contributed by atoms with Crippen LogP contribution in [0.5, 0.6) is 0 Å². The number of nitrogens with zero attached hydrogens (tertiary/aromatic N) is 1. The van der Waals surface area contributed by atoms with Gasteiger partial charge in [-0.25, -0.2) is 4.79 Å². The zero-order chi connectivity index (χ0) is 10.7. The van der Waals surface area contributed by atoms with Gasteiger partial charge in [-0.15, -0.1) is 0 Å². The normalized spacial score (nSPS) is 10.1. The topological polar surface area (TPSA) is 62.2 Å². The number of hydrogen-bond acceptors (Lipinski definition) is 2. The van der Waals surface area contributed by atoms with Gasteiger partial charge < -0.3 is 10.4 Å². The number of hydrogen-bond donors (Lipinski definition) is 2. The van der Waals surface area contributed by atoms with Crippen molar-refractivity contribution in [2.75, 3.05) is 0 Å². The summed E-state index contributed by atoms with van der Waals surface area (Å²) < 4.78 is 0. The SMILES string of the molecule is O=C(O)NCc1ccc2cnccc2c1. The average molecular weight is 202 g/mol.